The molecule has 0 saturated heterocycles. The van der Waals surface area contributed by atoms with Gasteiger partial charge < -0.3 is 10.4 Å². The van der Waals surface area contributed by atoms with Gasteiger partial charge in [0, 0.05) is 16.9 Å². The van der Waals surface area contributed by atoms with Gasteiger partial charge in [0.1, 0.15) is 6.04 Å². The first-order valence-corrected chi connectivity index (χ1v) is 9.44. The highest BCUT2D eigenvalue weighted by Crippen LogP contribution is 2.32. The Morgan fingerprint density at radius 1 is 0.903 bits per heavy atom. The summed E-state index contributed by atoms with van der Waals surface area (Å²) in [5.74, 6) is 0.324. The number of nitrogens with zero attached hydrogens (tertiary/aromatic N) is 4. The zero-order valence-electron chi connectivity index (χ0n) is 16.2. The lowest BCUT2D eigenvalue weighted by molar-refractivity contribution is -0.137. The van der Waals surface area contributed by atoms with Crippen LogP contribution < -0.4 is 5.32 Å². The number of aliphatic hydroxyl groups is 1. The van der Waals surface area contributed by atoms with Crippen molar-refractivity contribution >= 4 is 11.4 Å². The molecule has 0 saturated carbocycles. The van der Waals surface area contributed by atoms with E-state index >= 15 is 0 Å². The highest BCUT2D eigenvalue weighted by Gasteiger charge is 2.30. The third-order valence-electron chi connectivity index (χ3n) is 4.72. The van der Waals surface area contributed by atoms with Crippen LogP contribution in [0.15, 0.2) is 78.9 Å². The molecule has 31 heavy (non-hydrogen) atoms. The maximum atomic E-state index is 12.8. The molecule has 158 valence electrons. The summed E-state index contributed by atoms with van der Waals surface area (Å²) in [4.78, 5) is 1.35. The van der Waals surface area contributed by atoms with Crippen molar-refractivity contribution in [3.05, 3.63) is 90.0 Å². The lowest BCUT2D eigenvalue weighted by Gasteiger charge is -2.13. The van der Waals surface area contributed by atoms with Crippen LogP contribution in [0.2, 0.25) is 0 Å². The number of tetrazole rings is 1. The predicted octanol–water partition coefficient (Wildman–Crippen LogP) is 4.68. The molecular formula is C22H18F3N5O. The van der Waals surface area contributed by atoms with Crippen LogP contribution in [0.1, 0.15) is 17.2 Å². The van der Waals surface area contributed by atoms with E-state index in [2.05, 4.69) is 20.7 Å². The maximum absolute atomic E-state index is 12.8. The van der Waals surface area contributed by atoms with Crippen LogP contribution >= 0.6 is 0 Å². The standard InChI is InChI=1S/C22H18F3N5O/c23-22(24,25)16-10-12-17(13-11-16)26-19-9-5-4-8-18(19)21-27-29-30(28-21)20(14-31)15-6-2-1-3-7-15/h1-13,20,26,31H,14H2/t20-/m1/s1. The van der Waals surface area contributed by atoms with Crippen molar-refractivity contribution in [3.63, 3.8) is 0 Å². The van der Waals surface area contributed by atoms with Crippen LogP contribution in [0.25, 0.3) is 11.4 Å². The number of aromatic nitrogens is 4. The molecule has 0 aliphatic heterocycles. The van der Waals surface area contributed by atoms with Gasteiger partial charge in [-0.25, -0.2) is 0 Å². The van der Waals surface area contributed by atoms with Gasteiger partial charge >= 0.3 is 6.18 Å². The van der Waals surface area contributed by atoms with Gasteiger partial charge in [0.2, 0.25) is 5.82 Å². The Hall–Kier alpha value is -3.72. The molecule has 9 heteroatoms. The Labute approximate surface area is 176 Å². The van der Waals surface area contributed by atoms with E-state index < -0.39 is 17.8 Å². The first-order valence-electron chi connectivity index (χ1n) is 9.44. The molecule has 0 amide bonds. The molecule has 0 unspecified atom stereocenters. The number of benzene rings is 3. The summed E-state index contributed by atoms with van der Waals surface area (Å²) in [6.45, 7) is -0.203. The van der Waals surface area contributed by atoms with Crippen LogP contribution in [-0.2, 0) is 6.18 Å². The molecule has 0 spiro atoms. The van der Waals surface area contributed by atoms with E-state index in [-0.39, 0.29) is 6.61 Å². The molecule has 2 N–H and O–H groups in total. The smallest absolute Gasteiger partial charge is 0.394 e. The summed E-state index contributed by atoms with van der Waals surface area (Å²) in [6.07, 6.45) is -4.39. The number of rotatable bonds is 6. The fraction of sp³-hybridized carbons (Fsp3) is 0.136. The van der Waals surface area contributed by atoms with Crippen LogP contribution in [0.3, 0.4) is 0 Å². The van der Waals surface area contributed by atoms with Crippen molar-refractivity contribution < 1.29 is 18.3 Å². The highest BCUT2D eigenvalue weighted by molar-refractivity contribution is 5.77. The summed E-state index contributed by atoms with van der Waals surface area (Å²) >= 11 is 0. The second-order valence-corrected chi connectivity index (χ2v) is 6.79. The summed E-state index contributed by atoms with van der Waals surface area (Å²) in [5.41, 5.74) is 1.85. The SMILES string of the molecule is OC[C@H](c1ccccc1)n1nnc(-c2ccccc2Nc2ccc(C(F)(F)F)cc2)n1. The molecule has 1 heterocycles. The minimum absolute atomic E-state index is 0.203. The Kier molecular flexibility index (Phi) is 5.68. The van der Waals surface area contributed by atoms with Crippen molar-refractivity contribution in [2.24, 2.45) is 0 Å². The van der Waals surface area contributed by atoms with Gasteiger partial charge in [-0.3, -0.25) is 0 Å². The third kappa shape index (κ3) is 4.56. The second kappa shape index (κ2) is 8.57. The largest absolute Gasteiger partial charge is 0.416 e. The molecule has 6 nitrogen and oxygen atoms in total. The fourth-order valence-electron chi connectivity index (χ4n) is 3.14. The molecule has 0 bridgehead atoms. The van der Waals surface area contributed by atoms with Crippen molar-refractivity contribution in [1.29, 1.82) is 0 Å². The first-order chi connectivity index (χ1) is 15.0. The number of halogens is 3. The summed E-state index contributed by atoms with van der Waals surface area (Å²) in [7, 11) is 0. The monoisotopic (exact) mass is 425 g/mol. The van der Waals surface area contributed by atoms with E-state index in [0.717, 1.165) is 17.7 Å². The molecule has 1 aromatic heterocycles. The van der Waals surface area contributed by atoms with Gasteiger partial charge in [-0.2, -0.15) is 18.0 Å². The topological polar surface area (TPSA) is 75.9 Å². The third-order valence-corrected chi connectivity index (χ3v) is 4.72. The predicted molar refractivity (Wildman–Crippen MR) is 110 cm³/mol. The van der Waals surface area contributed by atoms with E-state index in [1.807, 2.05) is 30.3 Å². The number of nitrogens with one attached hydrogen (secondary N) is 1. The summed E-state index contributed by atoms with van der Waals surface area (Å²) in [5, 5.41) is 25.5. The first kappa shape index (κ1) is 20.5. The molecular weight excluding hydrogens is 407 g/mol. The van der Waals surface area contributed by atoms with Gasteiger partial charge in [0.15, 0.2) is 0 Å². The van der Waals surface area contributed by atoms with Crippen LogP contribution in [0, 0.1) is 0 Å². The number of hydrogen-bond donors (Lipinski definition) is 2. The van der Waals surface area contributed by atoms with Crippen LogP contribution in [-0.4, -0.2) is 31.9 Å². The Bertz CT molecular complexity index is 1140. The quantitative estimate of drug-likeness (QED) is 0.469. The average molecular weight is 425 g/mol. The number of aliphatic hydroxyl groups excluding tert-OH is 1. The molecule has 0 fully saturated rings. The fourth-order valence-corrected chi connectivity index (χ4v) is 3.14. The lowest BCUT2D eigenvalue weighted by atomic mass is 10.1. The van der Waals surface area contributed by atoms with Gasteiger partial charge in [0.25, 0.3) is 0 Å². The highest BCUT2D eigenvalue weighted by atomic mass is 19.4. The van der Waals surface area contributed by atoms with Crippen molar-refractivity contribution in [2.45, 2.75) is 12.2 Å². The zero-order chi connectivity index (χ0) is 21.8. The van der Waals surface area contributed by atoms with E-state index in [1.54, 1.807) is 24.3 Å². The van der Waals surface area contributed by atoms with E-state index in [4.69, 9.17) is 0 Å². The number of alkyl halides is 3. The van der Waals surface area contributed by atoms with E-state index in [9.17, 15) is 18.3 Å². The molecule has 1 atom stereocenters. The minimum Gasteiger partial charge on any atom is -0.394 e. The molecule has 4 aromatic rings. The normalized spacial score (nSPS) is 12.5. The second-order valence-electron chi connectivity index (χ2n) is 6.79. The summed E-state index contributed by atoms with van der Waals surface area (Å²) in [6, 6.07) is 20.7. The van der Waals surface area contributed by atoms with Crippen LogP contribution in [0.4, 0.5) is 24.5 Å². The van der Waals surface area contributed by atoms with Gasteiger partial charge in [-0.05, 0) is 47.2 Å². The Morgan fingerprint density at radius 2 is 1.58 bits per heavy atom. The molecule has 3 aromatic carbocycles. The maximum Gasteiger partial charge on any atom is 0.416 e. The van der Waals surface area contributed by atoms with Crippen LogP contribution in [0.5, 0.6) is 0 Å². The van der Waals surface area contributed by atoms with Crippen molar-refractivity contribution in [3.8, 4) is 11.4 Å². The van der Waals surface area contributed by atoms with Gasteiger partial charge in [0.05, 0.1) is 12.2 Å². The number of para-hydroxylation sites is 1. The number of anilines is 2. The van der Waals surface area contributed by atoms with Gasteiger partial charge in [-0.1, -0.05) is 42.5 Å². The molecule has 0 aliphatic carbocycles. The molecule has 4 rings (SSSR count). The lowest BCUT2D eigenvalue weighted by Crippen LogP contribution is -2.17. The Balaban J connectivity index is 1.61. The minimum atomic E-state index is -4.39. The average Bonchev–Trinajstić information content (AvgIpc) is 3.25. The van der Waals surface area contributed by atoms with Crippen molar-refractivity contribution in [1.82, 2.24) is 20.2 Å². The van der Waals surface area contributed by atoms with E-state index in [1.165, 1.54) is 16.9 Å². The molecule has 0 radical (unpaired) electrons. The van der Waals surface area contributed by atoms with Gasteiger partial charge in [-0.15, -0.1) is 10.2 Å². The number of hydrogen-bond acceptors (Lipinski definition) is 5. The zero-order valence-corrected chi connectivity index (χ0v) is 16.2. The Morgan fingerprint density at radius 3 is 2.26 bits per heavy atom. The molecule has 0 aliphatic rings. The van der Waals surface area contributed by atoms with Crippen molar-refractivity contribution in [2.75, 3.05) is 11.9 Å². The summed E-state index contributed by atoms with van der Waals surface area (Å²) < 4.78 is 38.4. The van der Waals surface area contributed by atoms with E-state index in [0.29, 0.717) is 22.8 Å².